The number of aryl methyl sites for hydroxylation is 1. The number of rotatable bonds is 4. The minimum atomic E-state index is -0.207. The number of aromatic nitrogens is 2. The fourth-order valence-electron chi connectivity index (χ4n) is 2.78. The van der Waals surface area contributed by atoms with E-state index in [-0.39, 0.29) is 5.91 Å². The first-order chi connectivity index (χ1) is 13.0. The third-order valence-electron chi connectivity index (χ3n) is 4.26. The largest absolute Gasteiger partial charge is 0.497 e. The number of amides is 1. The fraction of sp³-hybridized carbons (Fsp3) is 0.100. The van der Waals surface area contributed by atoms with Crippen LogP contribution in [0.1, 0.15) is 16.1 Å². The SMILES string of the molecule is COc1cccc(-c2cn3c(C(=O)Nc4cc(Cl)ccc4C)csc3n2)c1. The van der Waals surface area contributed by atoms with Gasteiger partial charge in [-0.2, -0.15) is 0 Å². The van der Waals surface area contributed by atoms with Gasteiger partial charge in [0.15, 0.2) is 4.96 Å². The number of carbonyl (C=O) groups excluding carboxylic acids is 1. The van der Waals surface area contributed by atoms with Gasteiger partial charge in [-0.3, -0.25) is 9.20 Å². The molecule has 0 aliphatic carbocycles. The van der Waals surface area contributed by atoms with Crippen molar-refractivity contribution < 1.29 is 9.53 Å². The molecule has 0 bridgehead atoms. The molecule has 0 radical (unpaired) electrons. The van der Waals surface area contributed by atoms with E-state index in [1.54, 1.807) is 29.0 Å². The van der Waals surface area contributed by atoms with E-state index in [1.165, 1.54) is 11.3 Å². The van der Waals surface area contributed by atoms with Gasteiger partial charge in [-0.05, 0) is 36.8 Å². The third kappa shape index (κ3) is 3.41. The predicted octanol–water partition coefficient (Wildman–Crippen LogP) is 5.29. The molecule has 0 aliphatic rings. The van der Waals surface area contributed by atoms with Gasteiger partial charge in [-0.15, -0.1) is 11.3 Å². The number of nitrogens with zero attached hydrogens (tertiary/aromatic N) is 2. The highest BCUT2D eigenvalue weighted by Crippen LogP contribution is 2.27. The summed E-state index contributed by atoms with van der Waals surface area (Å²) in [7, 11) is 1.63. The molecule has 0 atom stereocenters. The van der Waals surface area contributed by atoms with E-state index < -0.39 is 0 Å². The van der Waals surface area contributed by atoms with Crippen molar-refractivity contribution in [2.45, 2.75) is 6.92 Å². The van der Waals surface area contributed by atoms with Crippen molar-refractivity contribution in [2.75, 3.05) is 12.4 Å². The van der Waals surface area contributed by atoms with Crippen LogP contribution < -0.4 is 10.1 Å². The van der Waals surface area contributed by atoms with Crippen LogP contribution in [0.15, 0.2) is 54.0 Å². The summed E-state index contributed by atoms with van der Waals surface area (Å²) < 4.78 is 7.07. The Kier molecular flexibility index (Phi) is 4.59. The van der Waals surface area contributed by atoms with Crippen molar-refractivity contribution in [1.29, 1.82) is 0 Å². The van der Waals surface area contributed by atoms with Gasteiger partial charge in [-0.25, -0.2) is 4.98 Å². The summed E-state index contributed by atoms with van der Waals surface area (Å²) in [4.78, 5) is 18.2. The highest BCUT2D eigenvalue weighted by Gasteiger charge is 2.16. The van der Waals surface area contributed by atoms with Crippen LogP contribution in [0.5, 0.6) is 5.75 Å². The summed E-state index contributed by atoms with van der Waals surface area (Å²) in [6.45, 7) is 1.92. The topological polar surface area (TPSA) is 55.6 Å². The number of thiazole rings is 1. The predicted molar refractivity (Wildman–Crippen MR) is 109 cm³/mol. The quantitative estimate of drug-likeness (QED) is 0.509. The van der Waals surface area contributed by atoms with Crippen molar-refractivity contribution in [3.63, 3.8) is 0 Å². The Hall–Kier alpha value is -2.83. The van der Waals surface area contributed by atoms with Crippen LogP contribution in [0.25, 0.3) is 16.2 Å². The van der Waals surface area contributed by atoms with Crippen LogP contribution in [-0.2, 0) is 0 Å². The molecule has 0 aliphatic heterocycles. The molecule has 5 nitrogen and oxygen atoms in total. The van der Waals surface area contributed by atoms with Gasteiger partial charge in [-0.1, -0.05) is 29.8 Å². The summed E-state index contributed by atoms with van der Waals surface area (Å²) in [6.07, 6.45) is 1.86. The molecule has 0 spiro atoms. The summed E-state index contributed by atoms with van der Waals surface area (Å²) in [6, 6.07) is 13.1. The lowest BCUT2D eigenvalue weighted by atomic mass is 10.1. The number of anilines is 1. The lowest BCUT2D eigenvalue weighted by molar-refractivity contribution is 0.102. The molecule has 4 aromatic rings. The number of hydrogen-bond donors (Lipinski definition) is 1. The highest BCUT2D eigenvalue weighted by molar-refractivity contribution is 7.15. The van der Waals surface area contributed by atoms with Crippen LogP contribution in [0.2, 0.25) is 5.02 Å². The molecule has 136 valence electrons. The first-order valence-electron chi connectivity index (χ1n) is 8.23. The van der Waals surface area contributed by atoms with Crippen LogP contribution in [-0.4, -0.2) is 22.4 Å². The van der Waals surface area contributed by atoms with E-state index in [1.807, 2.05) is 43.5 Å². The van der Waals surface area contributed by atoms with Crippen LogP contribution in [0.3, 0.4) is 0 Å². The zero-order chi connectivity index (χ0) is 19.0. The molecule has 2 heterocycles. The van der Waals surface area contributed by atoms with Crippen molar-refractivity contribution in [3.8, 4) is 17.0 Å². The van der Waals surface area contributed by atoms with Crippen LogP contribution >= 0.6 is 22.9 Å². The van der Waals surface area contributed by atoms with Crippen molar-refractivity contribution in [2.24, 2.45) is 0 Å². The third-order valence-corrected chi connectivity index (χ3v) is 5.33. The number of nitrogens with one attached hydrogen (secondary N) is 1. The molecule has 0 saturated heterocycles. The normalized spacial score (nSPS) is 10.9. The number of ether oxygens (including phenoxy) is 1. The summed E-state index contributed by atoms with van der Waals surface area (Å²) in [5.74, 6) is 0.555. The van der Waals surface area contributed by atoms with E-state index >= 15 is 0 Å². The minimum absolute atomic E-state index is 0.207. The summed E-state index contributed by atoms with van der Waals surface area (Å²) in [5.41, 5.74) is 3.88. The number of benzene rings is 2. The van der Waals surface area contributed by atoms with Crippen LogP contribution in [0.4, 0.5) is 5.69 Å². The number of carbonyl (C=O) groups is 1. The maximum atomic E-state index is 12.8. The van der Waals surface area contributed by atoms with E-state index in [0.29, 0.717) is 16.4 Å². The van der Waals surface area contributed by atoms with Crippen LogP contribution in [0, 0.1) is 6.92 Å². The number of halogens is 1. The molecular weight excluding hydrogens is 382 g/mol. The Morgan fingerprint density at radius 3 is 2.93 bits per heavy atom. The first-order valence-corrected chi connectivity index (χ1v) is 9.49. The molecule has 2 aromatic heterocycles. The average Bonchev–Trinajstić information content (AvgIpc) is 3.25. The Bertz CT molecular complexity index is 1150. The van der Waals surface area contributed by atoms with E-state index in [9.17, 15) is 4.79 Å². The zero-order valence-electron chi connectivity index (χ0n) is 14.7. The number of fused-ring (bicyclic) bond motifs is 1. The zero-order valence-corrected chi connectivity index (χ0v) is 16.3. The number of hydrogen-bond acceptors (Lipinski definition) is 4. The molecule has 1 amide bonds. The number of methoxy groups -OCH3 is 1. The Morgan fingerprint density at radius 2 is 2.11 bits per heavy atom. The van der Waals surface area contributed by atoms with Gasteiger partial charge < -0.3 is 10.1 Å². The standard InChI is InChI=1S/C20H16ClN3O2S/c1-12-6-7-14(21)9-16(12)22-19(25)18-11-27-20-23-17(10-24(18)20)13-4-3-5-15(8-13)26-2/h3-11H,1-2H3,(H,22,25). The lowest BCUT2D eigenvalue weighted by Crippen LogP contribution is -2.14. The second-order valence-electron chi connectivity index (χ2n) is 6.04. The second-order valence-corrected chi connectivity index (χ2v) is 7.32. The lowest BCUT2D eigenvalue weighted by Gasteiger charge is -2.08. The monoisotopic (exact) mass is 397 g/mol. The molecule has 4 rings (SSSR count). The van der Waals surface area contributed by atoms with Crippen molar-refractivity contribution in [3.05, 3.63) is 70.3 Å². The summed E-state index contributed by atoms with van der Waals surface area (Å²) >= 11 is 7.46. The molecule has 0 unspecified atom stereocenters. The Morgan fingerprint density at radius 1 is 1.26 bits per heavy atom. The highest BCUT2D eigenvalue weighted by atomic mass is 35.5. The molecule has 1 N–H and O–H groups in total. The second kappa shape index (κ2) is 7.06. The van der Waals surface area contributed by atoms with Gasteiger partial charge >= 0.3 is 0 Å². The van der Waals surface area contributed by atoms with Crippen molar-refractivity contribution >= 4 is 39.5 Å². The Labute approximate surface area is 165 Å². The van der Waals surface area contributed by atoms with E-state index in [2.05, 4.69) is 10.3 Å². The average molecular weight is 398 g/mol. The van der Waals surface area contributed by atoms with Gasteiger partial charge in [0, 0.05) is 27.9 Å². The van der Waals surface area contributed by atoms with Gasteiger partial charge in [0.2, 0.25) is 0 Å². The minimum Gasteiger partial charge on any atom is -0.497 e. The Balaban J connectivity index is 1.67. The molecular formula is C20H16ClN3O2S. The fourth-order valence-corrected chi connectivity index (χ4v) is 3.81. The summed E-state index contributed by atoms with van der Waals surface area (Å²) in [5, 5.41) is 5.30. The molecule has 0 saturated carbocycles. The maximum Gasteiger partial charge on any atom is 0.273 e. The van der Waals surface area contributed by atoms with Gasteiger partial charge in [0.25, 0.3) is 5.91 Å². The number of imidazole rings is 1. The molecule has 0 fully saturated rings. The first kappa shape index (κ1) is 17.6. The van der Waals surface area contributed by atoms with Crippen molar-refractivity contribution in [1.82, 2.24) is 9.38 Å². The molecule has 2 aromatic carbocycles. The van der Waals surface area contributed by atoms with Gasteiger partial charge in [0.05, 0.1) is 12.8 Å². The molecule has 7 heteroatoms. The molecule has 27 heavy (non-hydrogen) atoms. The van der Waals surface area contributed by atoms with Gasteiger partial charge in [0.1, 0.15) is 11.4 Å². The smallest absolute Gasteiger partial charge is 0.273 e. The van der Waals surface area contributed by atoms with E-state index in [4.69, 9.17) is 16.3 Å². The maximum absolute atomic E-state index is 12.8. The van der Waals surface area contributed by atoms with E-state index in [0.717, 1.165) is 27.5 Å².